The molecule has 0 fully saturated rings. The van der Waals surface area contributed by atoms with Gasteiger partial charge < -0.3 is 21.8 Å². The molecule has 0 saturated carbocycles. The lowest BCUT2D eigenvalue weighted by atomic mass is 10.1. The van der Waals surface area contributed by atoms with Gasteiger partial charge in [-0.2, -0.15) is 4.72 Å². The van der Waals surface area contributed by atoms with Crippen LogP contribution in [0.25, 0.3) is 0 Å². The first-order chi connectivity index (χ1) is 16.0. The number of nitrogens with two attached hydrogens (primary N) is 2. The molecule has 14 heteroatoms. The van der Waals surface area contributed by atoms with Crippen LogP contribution >= 0.6 is 0 Å². The van der Waals surface area contributed by atoms with E-state index in [0.717, 1.165) is 12.3 Å². The lowest BCUT2D eigenvalue weighted by molar-refractivity contribution is -0.127. The van der Waals surface area contributed by atoms with Gasteiger partial charge in [-0.3, -0.25) is 19.0 Å². The summed E-state index contributed by atoms with van der Waals surface area (Å²) in [7, 11) is -3.84. The van der Waals surface area contributed by atoms with Gasteiger partial charge >= 0.3 is 5.69 Å². The smallest absolute Gasteiger partial charge is 0.328 e. The number of nitrogens with zero attached hydrogens (tertiary/aromatic N) is 2. The molecule has 0 aliphatic rings. The van der Waals surface area contributed by atoms with Gasteiger partial charge in [-0.15, -0.1) is 0 Å². The zero-order chi connectivity index (χ0) is 25.3. The number of rotatable bonds is 12. The minimum Gasteiger partial charge on any atom is -0.370 e. The molecule has 1 heterocycles. The molecular formula is C20H27N7O6S. The number of sulfonamides is 1. The number of aliphatic imine (C=N–C) groups is 1. The number of benzene rings is 1. The van der Waals surface area contributed by atoms with Gasteiger partial charge in [-0.1, -0.05) is 30.3 Å². The Kier molecular flexibility index (Phi) is 9.27. The quantitative estimate of drug-likeness (QED) is 0.166. The van der Waals surface area contributed by atoms with Crippen molar-refractivity contribution in [3.63, 3.8) is 0 Å². The minimum atomic E-state index is -3.84. The lowest BCUT2D eigenvalue weighted by Gasteiger charge is -2.20. The first-order valence-electron chi connectivity index (χ1n) is 10.2. The van der Waals surface area contributed by atoms with Crippen molar-refractivity contribution < 1.29 is 18.0 Å². The fourth-order valence-corrected chi connectivity index (χ4v) is 4.36. The van der Waals surface area contributed by atoms with Gasteiger partial charge in [0.1, 0.15) is 12.7 Å². The van der Waals surface area contributed by atoms with E-state index in [9.17, 15) is 27.6 Å². The van der Waals surface area contributed by atoms with Crippen LogP contribution in [0.3, 0.4) is 0 Å². The van der Waals surface area contributed by atoms with Gasteiger partial charge in [0.25, 0.3) is 5.56 Å². The normalized spacial score (nSPS) is 13.0. The van der Waals surface area contributed by atoms with Gasteiger partial charge in [0.05, 0.1) is 11.8 Å². The molecule has 0 aliphatic carbocycles. The summed E-state index contributed by atoms with van der Waals surface area (Å²) in [6.45, 7) is 0.640. The highest BCUT2D eigenvalue weighted by molar-refractivity contribution is 7.88. The zero-order valence-electron chi connectivity index (χ0n) is 18.4. The van der Waals surface area contributed by atoms with E-state index in [4.69, 9.17) is 11.5 Å². The zero-order valence-corrected chi connectivity index (χ0v) is 19.2. The average molecular weight is 494 g/mol. The molecule has 0 saturated heterocycles. The summed E-state index contributed by atoms with van der Waals surface area (Å²) in [5.74, 6) is -1.84. The molecule has 0 bridgehead atoms. The van der Waals surface area contributed by atoms with Gasteiger partial charge in [0.15, 0.2) is 11.7 Å². The summed E-state index contributed by atoms with van der Waals surface area (Å²) in [5.41, 5.74) is 9.93. The van der Waals surface area contributed by atoms with Crippen molar-refractivity contribution in [2.75, 3.05) is 0 Å². The Balaban J connectivity index is 2.06. The molecule has 2 aromatic rings. The number of aromatic nitrogens is 2. The van der Waals surface area contributed by atoms with Gasteiger partial charge in [-0.25, -0.2) is 18.2 Å². The number of H-pyrrole nitrogens is 1. The highest BCUT2D eigenvalue weighted by Gasteiger charge is 2.23. The molecule has 2 rings (SSSR count). The molecule has 7 N–H and O–H groups in total. The van der Waals surface area contributed by atoms with Crippen LogP contribution < -0.4 is 32.8 Å². The molecule has 0 radical (unpaired) electrons. The molecule has 1 unspecified atom stereocenters. The van der Waals surface area contributed by atoms with Crippen LogP contribution in [-0.4, -0.2) is 47.8 Å². The summed E-state index contributed by atoms with van der Waals surface area (Å²) in [6, 6.07) is 8.52. The fourth-order valence-electron chi connectivity index (χ4n) is 3.06. The second kappa shape index (κ2) is 11.9. The molecule has 1 aromatic heterocycles. The Bertz CT molecular complexity index is 1220. The van der Waals surface area contributed by atoms with Crippen molar-refractivity contribution in [3.8, 4) is 0 Å². The number of amides is 1. The largest absolute Gasteiger partial charge is 0.370 e. The third kappa shape index (κ3) is 8.63. The Morgan fingerprint density at radius 2 is 1.79 bits per heavy atom. The van der Waals surface area contributed by atoms with Crippen LogP contribution in [0.2, 0.25) is 0 Å². The highest BCUT2D eigenvalue weighted by Crippen LogP contribution is 2.09. The van der Waals surface area contributed by atoms with Gasteiger partial charge in [0.2, 0.25) is 15.9 Å². The molecule has 2 atom stereocenters. The number of Topliss-reactive ketones (excluding diaryl/α,β-unsaturated/α-hetero) is 1. The summed E-state index contributed by atoms with van der Waals surface area (Å²) in [6.07, 6.45) is 0.0239. The Morgan fingerprint density at radius 1 is 1.12 bits per heavy atom. The second-order valence-corrected chi connectivity index (χ2v) is 9.20. The Morgan fingerprint density at radius 3 is 2.38 bits per heavy atom. The van der Waals surface area contributed by atoms with Crippen molar-refractivity contribution in [2.45, 2.75) is 44.3 Å². The van der Waals surface area contributed by atoms with Crippen molar-refractivity contribution in [1.29, 1.82) is 0 Å². The monoisotopic (exact) mass is 493 g/mol. The average Bonchev–Trinajstić information content (AvgIpc) is 2.73. The second-order valence-electron chi connectivity index (χ2n) is 7.45. The minimum absolute atomic E-state index is 0.0174. The van der Waals surface area contributed by atoms with Crippen molar-refractivity contribution in [3.05, 3.63) is 69.0 Å². The van der Waals surface area contributed by atoms with Gasteiger partial charge in [0, 0.05) is 12.3 Å². The van der Waals surface area contributed by atoms with Crippen LogP contribution in [-0.2, 0) is 31.9 Å². The summed E-state index contributed by atoms with van der Waals surface area (Å²) in [5, 5.41) is 2.44. The first-order valence-corrected chi connectivity index (χ1v) is 11.8. The van der Waals surface area contributed by atoms with Crippen LogP contribution in [0.5, 0.6) is 0 Å². The third-order valence-corrected chi connectivity index (χ3v) is 5.96. The van der Waals surface area contributed by atoms with Crippen LogP contribution in [0.4, 0.5) is 0 Å². The van der Waals surface area contributed by atoms with E-state index in [2.05, 4.69) is 20.0 Å². The molecule has 1 aromatic carbocycles. The topological polar surface area (TPSA) is 212 Å². The molecule has 0 spiro atoms. The maximum atomic E-state index is 12.6. The van der Waals surface area contributed by atoms with Crippen LogP contribution in [0.15, 0.2) is 57.2 Å². The molecule has 184 valence electrons. The van der Waals surface area contributed by atoms with Crippen LogP contribution in [0.1, 0.15) is 25.3 Å². The number of guanidine groups is 1. The standard InChI is InChI=1S/C20H27N7O6S/c1-13(28)15(24-17(29)11-27-18(30)9-10-23-20(27)31)7-8-16(25-19(21)22)26-34(32,33)12-14-5-3-2-4-6-14/h2-6,9-10,15-16,26H,7-8,11-12H2,1H3,(H,23,31)(H,24,29)(H4,21,22,25)/t15-,16?/m0/s1. The third-order valence-electron chi connectivity index (χ3n) is 4.62. The van der Waals surface area contributed by atoms with E-state index in [1.54, 1.807) is 30.3 Å². The van der Waals surface area contributed by atoms with E-state index in [0.29, 0.717) is 10.1 Å². The maximum Gasteiger partial charge on any atom is 0.328 e. The molecule has 34 heavy (non-hydrogen) atoms. The van der Waals surface area contributed by atoms with Crippen molar-refractivity contribution >= 4 is 27.7 Å². The fraction of sp³-hybridized carbons (Fsp3) is 0.350. The van der Waals surface area contributed by atoms with E-state index in [1.807, 2.05) is 0 Å². The van der Waals surface area contributed by atoms with Crippen LogP contribution in [0, 0.1) is 0 Å². The predicted octanol–water partition coefficient (Wildman–Crippen LogP) is -1.89. The maximum absolute atomic E-state index is 12.6. The van der Waals surface area contributed by atoms with Gasteiger partial charge in [-0.05, 0) is 25.3 Å². The molecule has 0 aliphatic heterocycles. The highest BCUT2D eigenvalue weighted by atomic mass is 32.2. The summed E-state index contributed by atoms with van der Waals surface area (Å²) < 4.78 is 28.2. The Labute approximate surface area is 195 Å². The Hall–Kier alpha value is -3.78. The number of hydrogen-bond donors (Lipinski definition) is 5. The number of ketones is 1. The number of carbonyl (C=O) groups excluding carboxylic acids is 2. The predicted molar refractivity (Wildman–Crippen MR) is 125 cm³/mol. The number of aromatic amines is 1. The molecular weight excluding hydrogens is 466 g/mol. The SMILES string of the molecule is CC(=O)[C@H](CCC(N=C(N)N)NS(=O)(=O)Cc1ccccc1)NC(=O)Cn1c(=O)cc[nH]c1=O. The van der Waals surface area contributed by atoms with Crippen molar-refractivity contribution in [1.82, 2.24) is 19.6 Å². The number of carbonyl (C=O) groups is 2. The number of nitrogens with one attached hydrogen (secondary N) is 3. The molecule has 13 nitrogen and oxygen atoms in total. The van der Waals surface area contributed by atoms with Crippen molar-refractivity contribution in [2.24, 2.45) is 16.5 Å². The number of hydrogen-bond acceptors (Lipinski definition) is 7. The summed E-state index contributed by atoms with van der Waals surface area (Å²) >= 11 is 0. The summed E-state index contributed by atoms with van der Waals surface area (Å²) in [4.78, 5) is 54.0. The van der Waals surface area contributed by atoms with E-state index in [1.165, 1.54) is 6.92 Å². The van der Waals surface area contributed by atoms with E-state index < -0.39 is 51.7 Å². The first kappa shape index (κ1) is 26.5. The lowest BCUT2D eigenvalue weighted by Crippen LogP contribution is -2.46. The molecule has 1 amide bonds. The van der Waals surface area contributed by atoms with E-state index in [-0.39, 0.29) is 24.6 Å². The van der Waals surface area contributed by atoms with E-state index >= 15 is 0 Å².